The normalized spacial score (nSPS) is 10.7. The zero-order valence-corrected chi connectivity index (χ0v) is 16.7. The van der Waals surface area contributed by atoms with Crippen molar-refractivity contribution in [2.24, 2.45) is 0 Å². The summed E-state index contributed by atoms with van der Waals surface area (Å²) in [7, 11) is 1.19. The van der Waals surface area contributed by atoms with E-state index in [0.717, 1.165) is 0 Å². The molecule has 29 heavy (non-hydrogen) atoms. The first-order valence-electron chi connectivity index (χ1n) is 8.93. The van der Waals surface area contributed by atoms with Crippen LogP contribution in [-0.2, 0) is 9.47 Å². The van der Waals surface area contributed by atoms with Crippen LogP contribution in [0.5, 0.6) is 0 Å². The highest BCUT2D eigenvalue weighted by Crippen LogP contribution is 2.26. The summed E-state index contributed by atoms with van der Waals surface area (Å²) in [6.07, 6.45) is 3.90. The van der Waals surface area contributed by atoms with Gasteiger partial charge in [0.25, 0.3) is 0 Å². The van der Waals surface area contributed by atoms with Crippen LogP contribution in [0.15, 0.2) is 55.0 Å². The number of aromatic nitrogens is 4. The van der Waals surface area contributed by atoms with Crippen molar-refractivity contribution in [3.63, 3.8) is 0 Å². The summed E-state index contributed by atoms with van der Waals surface area (Å²) in [6, 6.07) is 12.6. The lowest BCUT2D eigenvalue weighted by atomic mass is 10.1. The van der Waals surface area contributed by atoms with E-state index in [2.05, 4.69) is 19.8 Å². The Labute approximate surface area is 169 Å². The summed E-state index contributed by atoms with van der Waals surface area (Å²) in [5.41, 5.74) is 2.31. The molecule has 0 aliphatic carbocycles. The molecule has 0 amide bonds. The molecule has 0 N–H and O–H groups in total. The number of hydrogen-bond donors (Lipinski definition) is 0. The highest BCUT2D eigenvalue weighted by Gasteiger charge is 2.20. The van der Waals surface area contributed by atoms with Gasteiger partial charge in [-0.1, -0.05) is 19.9 Å². The van der Waals surface area contributed by atoms with Gasteiger partial charge in [-0.2, -0.15) is 10.4 Å². The fraction of sp³-hybridized carbons (Fsp3) is 0.190. The highest BCUT2D eigenvalue weighted by atomic mass is 16.7. The van der Waals surface area contributed by atoms with Gasteiger partial charge in [0.1, 0.15) is 11.8 Å². The van der Waals surface area contributed by atoms with E-state index >= 15 is 0 Å². The number of nitrogens with zero attached hydrogens (tertiary/aromatic N) is 5. The minimum absolute atomic E-state index is 0.00520. The summed E-state index contributed by atoms with van der Waals surface area (Å²) in [5.74, 6) is 0.00520. The van der Waals surface area contributed by atoms with Crippen LogP contribution < -0.4 is 0 Å². The SMILES string of the molecule is CC.COC(=O)O/C(=C(/C#N)n1ccc(-c2ccccn2)n1)c1cccnc1C. The van der Waals surface area contributed by atoms with Gasteiger partial charge in [0.2, 0.25) is 0 Å². The van der Waals surface area contributed by atoms with Crippen LogP contribution in [0.2, 0.25) is 0 Å². The lowest BCUT2D eigenvalue weighted by Crippen LogP contribution is -2.10. The number of hydrogen-bond acceptors (Lipinski definition) is 7. The van der Waals surface area contributed by atoms with E-state index in [1.165, 1.54) is 11.8 Å². The number of ether oxygens (including phenoxy) is 2. The fourth-order valence-corrected chi connectivity index (χ4v) is 2.39. The molecule has 3 heterocycles. The molecule has 8 heteroatoms. The molecule has 0 saturated carbocycles. The van der Waals surface area contributed by atoms with Gasteiger partial charge >= 0.3 is 6.16 Å². The van der Waals surface area contributed by atoms with Crippen molar-refractivity contribution in [3.8, 4) is 17.5 Å². The third kappa shape index (κ3) is 5.05. The fourth-order valence-electron chi connectivity index (χ4n) is 2.39. The zero-order valence-electron chi connectivity index (χ0n) is 16.7. The number of nitriles is 1. The van der Waals surface area contributed by atoms with E-state index in [-0.39, 0.29) is 11.5 Å². The molecule has 148 valence electrons. The lowest BCUT2D eigenvalue weighted by molar-refractivity contribution is 0.112. The molecule has 0 saturated heterocycles. The van der Waals surface area contributed by atoms with E-state index in [1.54, 1.807) is 55.8 Å². The number of pyridine rings is 2. The zero-order chi connectivity index (χ0) is 21.2. The second kappa shape index (κ2) is 10.4. The maximum atomic E-state index is 11.7. The van der Waals surface area contributed by atoms with E-state index in [9.17, 15) is 10.1 Å². The van der Waals surface area contributed by atoms with Gasteiger partial charge in [0.05, 0.1) is 12.8 Å². The summed E-state index contributed by atoms with van der Waals surface area (Å²) < 4.78 is 11.2. The first-order valence-corrected chi connectivity index (χ1v) is 8.93. The van der Waals surface area contributed by atoms with Crippen molar-refractivity contribution in [3.05, 3.63) is 66.2 Å². The predicted octanol–water partition coefficient (Wildman–Crippen LogP) is 4.31. The molecule has 3 aromatic rings. The largest absolute Gasteiger partial charge is 0.513 e. The van der Waals surface area contributed by atoms with Crippen molar-refractivity contribution in [1.29, 1.82) is 5.26 Å². The van der Waals surface area contributed by atoms with Crippen LogP contribution in [0, 0.1) is 18.3 Å². The van der Waals surface area contributed by atoms with E-state index in [0.29, 0.717) is 22.6 Å². The minimum Gasteiger partial charge on any atom is -0.437 e. The van der Waals surface area contributed by atoms with Gasteiger partial charge in [-0.05, 0) is 37.3 Å². The van der Waals surface area contributed by atoms with E-state index in [1.807, 2.05) is 26.0 Å². The van der Waals surface area contributed by atoms with Gasteiger partial charge in [0, 0.05) is 29.8 Å². The van der Waals surface area contributed by atoms with Crippen LogP contribution in [0.3, 0.4) is 0 Å². The first kappa shape index (κ1) is 21.3. The van der Waals surface area contributed by atoms with Crippen LogP contribution in [0.25, 0.3) is 22.8 Å². The molecule has 8 nitrogen and oxygen atoms in total. The molecule has 0 fully saturated rings. The molecule has 0 aliphatic heterocycles. The van der Waals surface area contributed by atoms with Crippen LogP contribution in [0.4, 0.5) is 4.79 Å². The lowest BCUT2D eigenvalue weighted by Gasteiger charge is -2.12. The van der Waals surface area contributed by atoms with Gasteiger partial charge < -0.3 is 9.47 Å². The van der Waals surface area contributed by atoms with Crippen molar-refractivity contribution < 1.29 is 14.3 Å². The quantitative estimate of drug-likeness (QED) is 0.371. The maximum Gasteiger partial charge on any atom is 0.513 e. The Morgan fingerprint density at radius 2 is 1.83 bits per heavy atom. The molecule has 0 aromatic carbocycles. The Hall–Kier alpha value is -3.99. The number of rotatable bonds is 4. The van der Waals surface area contributed by atoms with Gasteiger partial charge in [0.15, 0.2) is 11.5 Å². The molecular weight excluding hydrogens is 370 g/mol. The number of methoxy groups -OCH3 is 1. The molecule has 0 unspecified atom stereocenters. The van der Waals surface area contributed by atoms with Crippen molar-refractivity contribution in [2.45, 2.75) is 20.8 Å². The smallest absolute Gasteiger partial charge is 0.437 e. The molecule has 0 bridgehead atoms. The average Bonchev–Trinajstić information content (AvgIpc) is 3.26. The molecule has 0 aliphatic rings. The van der Waals surface area contributed by atoms with Crippen LogP contribution in [-0.4, -0.2) is 33.0 Å². The van der Waals surface area contributed by atoms with E-state index < -0.39 is 6.16 Å². The molecule has 0 radical (unpaired) electrons. The topological polar surface area (TPSA) is 103 Å². The predicted molar refractivity (Wildman–Crippen MR) is 108 cm³/mol. The van der Waals surface area contributed by atoms with E-state index in [4.69, 9.17) is 4.74 Å². The maximum absolute atomic E-state index is 11.7. The molecule has 3 rings (SSSR count). The second-order valence-electron chi connectivity index (χ2n) is 5.34. The summed E-state index contributed by atoms with van der Waals surface area (Å²) in [5, 5.41) is 14.1. The van der Waals surface area contributed by atoms with Gasteiger partial charge in [-0.3, -0.25) is 9.97 Å². The Morgan fingerprint density at radius 1 is 1.07 bits per heavy atom. The van der Waals surface area contributed by atoms with Crippen molar-refractivity contribution >= 4 is 17.6 Å². The average molecular weight is 391 g/mol. The molecular formula is C21H21N5O3. The molecule has 0 spiro atoms. The number of allylic oxidation sites excluding steroid dienone is 1. The first-order chi connectivity index (χ1) is 14.1. The standard InChI is InChI=1S/C19H15N5O3.C2H6/c1-13-14(6-5-10-21-13)18(27-19(25)26-2)17(12-20)24-11-8-16(23-24)15-7-3-4-9-22-15;1-2/h3-11H,1-2H3;1-2H3/b18-17-;. The Balaban J connectivity index is 0.00000145. The highest BCUT2D eigenvalue weighted by molar-refractivity contribution is 5.90. The van der Waals surface area contributed by atoms with Crippen molar-refractivity contribution in [1.82, 2.24) is 19.7 Å². The Bertz CT molecular complexity index is 1040. The molecule has 3 aromatic heterocycles. The number of carbonyl (C=O) groups is 1. The number of aryl methyl sites for hydroxylation is 1. The second-order valence-corrected chi connectivity index (χ2v) is 5.34. The molecule has 0 atom stereocenters. The summed E-state index contributed by atoms with van der Waals surface area (Å²) >= 11 is 0. The van der Waals surface area contributed by atoms with Crippen LogP contribution in [0.1, 0.15) is 25.1 Å². The summed E-state index contributed by atoms with van der Waals surface area (Å²) in [4.78, 5) is 20.2. The van der Waals surface area contributed by atoms with Crippen molar-refractivity contribution in [2.75, 3.05) is 7.11 Å². The summed E-state index contributed by atoms with van der Waals surface area (Å²) in [6.45, 7) is 5.74. The minimum atomic E-state index is -0.946. The van der Waals surface area contributed by atoms with Crippen LogP contribution >= 0.6 is 0 Å². The monoisotopic (exact) mass is 391 g/mol. The Kier molecular flexibility index (Phi) is 7.62. The van der Waals surface area contributed by atoms with Gasteiger partial charge in [-0.15, -0.1) is 0 Å². The third-order valence-electron chi connectivity index (χ3n) is 3.67. The third-order valence-corrected chi connectivity index (χ3v) is 3.67. The number of carbonyl (C=O) groups excluding carboxylic acids is 1. The van der Waals surface area contributed by atoms with Gasteiger partial charge in [-0.25, -0.2) is 9.48 Å². The Morgan fingerprint density at radius 3 is 2.45 bits per heavy atom.